The van der Waals surface area contributed by atoms with Crippen molar-refractivity contribution in [2.45, 2.75) is 26.4 Å². The van der Waals surface area contributed by atoms with Crippen LogP contribution in [0.4, 0.5) is 0 Å². The summed E-state index contributed by atoms with van der Waals surface area (Å²) in [7, 11) is 0. The summed E-state index contributed by atoms with van der Waals surface area (Å²) in [5.74, 6) is 1.40. The molecule has 0 bridgehead atoms. The van der Waals surface area contributed by atoms with E-state index in [2.05, 4.69) is 10.3 Å². The second kappa shape index (κ2) is 6.26. The number of hydrogen-bond acceptors (Lipinski definition) is 6. The van der Waals surface area contributed by atoms with Crippen LogP contribution in [-0.2, 0) is 5.60 Å². The lowest BCUT2D eigenvalue weighted by molar-refractivity contribution is 0.0322. The van der Waals surface area contributed by atoms with Crippen LogP contribution in [0.5, 0.6) is 0 Å². The molecule has 0 saturated carbocycles. The molecule has 126 valence electrons. The zero-order valence-corrected chi connectivity index (χ0v) is 14.4. The van der Waals surface area contributed by atoms with Gasteiger partial charge < -0.3 is 19.3 Å². The number of aliphatic hydroxyl groups is 1. The number of aromatic nitrogens is 1. The average Bonchev–Trinajstić information content (AvgIpc) is 3.25. The largest absolute Gasteiger partial charge is 0.463 e. The summed E-state index contributed by atoms with van der Waals surface area (Å²) >= 11 is 1.39. The fraction of sp³-hybridized carbons (Fsp3) is 0.294. The third-order valence-corrected chi connectivity index (χ3v) is 4.59. The van der Waals surface area contributed by atoms with Crippen molar-refractivity contribution < 1.29 is 18.7 Å². The third-order valence-electron chi connectivity index (χ3n) is 3.61. The molecule has 2 N–H and O–H groups in total. The Bertz CT molecular complexity index is 846. The van der Waals surface area contributed by atoms with Crippen molar-refractivity contribution in [1.29, 1.82) is 0 Å². The van der Waals surface area contributed by atoms with E-state index < -0.39 is 5.60 Å². The Morgan fingerprint density at radius 3 is 2.79 bits per heavy atom. The minimum absolute atomic E-state index is 0.0197. The Balaban J connectivity index is 1.71. The normalized spacial score (nSPS) is 13.7. The van der Waals surface area contributed by atoms with Crippen molar-refractivity contribution in [2.24, 2.45) is 0 Å². The van der Waals surface area contributed by atoms with Gasteiger partial charge in [0.25, 0.3) is 5.91 Å². The van der Waals surface area contributed by atoms with Gasteiger partial charge in [-0.2, -0.15) is 0 Å². The highest BCUT2D eigenvalue weighted by molar-refractivity contribution is 7.15. The second-order valence-corrected chi connectivity index (χ2v) is 6.97. The van der Waals surface area contributed by atoms with E-state index in [9.17, 15) is 9.90 Å². The Morgan fingerprint density at radius 2 is 2.17 bits per heavy atom. The maximum absolute atomic E-state index is 12.4. The number of rotatable bonds is 5. The number of hydrogen-bond donors (Lipinski definition) is 2. The van der Waals surface area contributed by atoms with E-state index in [0.717, 1.165) is 4.88 Å². The van der Waals surface area contributed by atoms with Crippen LogP contribution in [0.2, 0.25) is 0 Å². The van der Waals surface area contributed by atoms with E-state index in [1.54, 1.807) is 44.4 Å². The molecule has 0 aliphatic carbocycles. The van der Waals surface area contributed by atoms with Crippen LogP contribution in [0.3, 0.4) is 0 Å². The maximum Gasteiger partial charge on any atom is 0.271 e. The van der Waals surface area contributed by atoms with E-state index >= 15 is 0 Å². The summed E-state index contributed by atoms with van der Waals surface area (Å²) in [6.07, 6.45) is 1.56. The van der Waals surface area contributed by atoms with Crippen molar-refractivity contribution in [1.82, 2.24) is 10.3 Å². The second-order valence-electron chi connectivity index (χ2n) is 5.77. The molecule has 0 spiro atoms. The first-order chi connectivity index (χ1) is 11.4. The SMILES string of the molecule is Cc1ccc(C(C)(O)CNC(=O)c2nc(-c3ccco3)sc2C)o1. The molecule has 3 aromatic heterocycles. The summed E-state index contributed by atoms with van der Waals surface area (Å²) in [5.41, 5.74) is -0.963. The van der Waals surface area contributed by atoms with E-state index in [4.69, 9.17) is 8.83 Å². The number of thiazole rings is 1. The highest BCUT2D eigenvalue weighted by Gasteiger charge is 2.28. The lowest BCUT2D eigenvalue weighted by Crippen LogP contribution is -2.38. The summed E-state index contributed by atoms with van der Waals surface area (Å²) in [6.45, 7) is 5.24. The van der Waals surface area contributed by atoms with Gasteiger partial charge >= 0.3 is 0 Å². The Hall–Kier alpha value is -2.38. The van der Waals surface area contributed by atoms with Gasteiger partial charge in [0.15, 0.2) is 10.8 Å². The predicted molar refractivity (Wildman–Crippen MR) is 89.9 cm³/mol. The lowest BCUT2D eigenvalue weighted by Gasteiger charge is -2.21. The minimum atomic E-state index is -1.29. The van der Waals surface area contributed by atoms with E-state index in [-0.39, 0.29) is 12.5 Å². The molecule has 0 aromatic carbocycles. The topological polar surface area (TPSA) is 88.5 Å². The van der Waals surface area contributed by atoms with E-state index in [1.807, 2.05) is 6.92 Å². The van der Waals surface area contributed by atoms with Gasteiger partial charge in [0.05, 0.1) is 12.8 Å². The number of nitrogens with one attached hydrogen (secondary N) is 1. The minimum Gasteiger partial charge on any atom is -0.463 e. The smallest absolute Gasteiger partial charge is 0.271 e. The van der Waals surface area contributed by atoms with Crippen LogP contribution in [-0.4, -0.2) is 22.5 Å². The summed E-state index contributed by atoms with van der Waals surface area (Å²) in [4.78, 5) is 17.5. The number of carbonyl (C=O) groups excluding carboxylic acids is 1. The molecular formula is C17H18N2O4S. The monoisotopic (exact) mass is 346 g/mol. The molecule has 0 aliphatic heterocycles. The van der Waals surface area contributed by atoms with Gasteiger partial charge in [0.1, 0.15) is 22.8 Å². The first-order valence-electron chi connectivity index (χ1n) is 7.45. The van der Waals surface area contributed by atoms with Crippen LogP contribution in [0.15, 0.2) is 39.4 Å². The number of aryl methyl sites for hydroxylation is 2. The highest BCUT2D eigenvalue weighted by Crippen LogP contribution is 2.28. The lowest BCUT2D eigenvalue weighted by atomic mass is 10.0. The zero-order valence-electron chi connectivity index (χ0n) is 13.6. The van der Waals surface area contributed by atoms with Crippen molar-refractivity contribution in [3.8, 4) is 10.8 Å². The van der Waals surface area contributed by atoms with Crippen molar-refractivity contribution in [3.05, 3.63) is 52.6 Å². The van der Waals surface area contributed by atoms with Crippen molar-refractivity contribution in [3.63, 3.8) is 0 Å². The molecule has 6 nitrogen and oxygen atoms in total. The van der Waals surface area contributed by atoms with Gasteiger partial charge in [0.2, 0.25) is 0 Å². The molecule has 1 amide bonds. The average molecular weight is 346 g/mol. The molecule has 0 fully saturated rings. The van der Waals surface area contributed by atoms with Crippen LogP contribution in [0.25, 0.3) is 10.8 Å². The summed E-state index contributed by atoms with van der Waals surface area (Å²) < 4.78 is 10.7. The molecule has 0 radical (unpaired) electrons. The molecule has 1 unspecified atom stereocenters. The molecule has 24 heavy (non-hydrogen) atoms. The molecule has 3 aromatic rings. The van der Waals surface area contributed by atoms with E-state index in [1.165, 1.54) is 11.3 Å². The molecular weight excluding hydrogens is 328 g/mol. The highest BCUT2D eigenvalue weighted by atomic mass is 32.1. The Morgan fingerprint density at radius 1 is 1.38 bits per heavy atom. The summed E-state index contributed by atoms with van der Waals surface area (Å²) in [5, 5.41) is 13.8. The molecule has 0 aliphatic rings. The Kier molecular flexibility index (Phi) is 4.29. The van der Waals surface area contributed by atoms with Gasteiger partial charge in [-0.25, -0.2) is 4.98 Å². The first-order valence-corrected chi connectivity index (χ1v) is 8.27. The van der Waals surface area contributed by atoms with E-state index in [0.29, 0.717) is 28.0 Å². The van der Waals surface area contributed by atoms with Crippen LogP contribution >= 0.6 is 11.3 Å². The molecule has 3 heterocycles. The van der Waals surface area contributed by atoms with Crippen LogP contribution in [0.1, 0.15) is 33.8 Å². The fourth-order valence-electron chi connectivity index (χ4n) is 2.26. The van der Waals surface area contributed by atoms with Gasteiger partial charge in [0, 0.05) is 4.88 Å². The van der Waals surface area contributed by atoms with Gasteiger partial charge in [-0.1, -0.05) is 0 Å². The Labute approximate surface area is 143 Å². The van der Waals surface area contributed by atoms with Gasteiger partial charge in [-0.3, -0.25) is 4.79 Å². The number of nitrogens with zero attached hydrogens (tertiary/aromatic N) is 1. The molecule has 3 rings (SSSR count). The first kappa shape index (κ1) is 16.5. The number of carbonyl (C=O) groups is 1. The van der Waals surface area contributed by atoms with Crippen LogP contribution < -0.4 is 5.32 Å². The maximum atomic E-state index is 12.4. The van der Waals surface area contributed by atoms with Crippen molar-refractivity contribution in [2.75, 3.05) is 6.54 Å². The molecule has 1 atom stereocenters. The number of furan rings is 2. The predicted octanol–water partition coefficient (Wildman–Crippen LogP) is 3.25. The number of amides is 1. The quantitative estimate of drug-likeness (QED) is 0.740. The van der Waals surface area contributed by atoms with Crippen molar-refractivity contribution >= 4 is 17.2 Å². The third kappa shape index (κ3) is 3.27. The molecule has 7 heteroatoms. The summed E-state index contributed by atoms with van der Waals surface area (Å²) in [6, 6.07) is 7.04. The van der Waals surface area contributed by atoms with Gasteiger partial charge in [-0.15, -0.1) is 11.3 Å². The zero-order chi connectivity index (χ0) is 17.3. The van der Waals surface area contributed by atoms with Crippen LogP contribution in [0, 0.1) is 13.8 Å². The fourth-order valence-corrected chi connectivity index (χ4v) is 3.14. The van der Waals surface area contributed by atoms with Gasteiger partial charge in [-0.05, 0) is 45.0 Å². The standard InChI is InChI=1S/C17H18N2O4S/c1-10-6-7-13(23-10)17(3,21)9-18-15(20)14-11(2)24-16(19-14)12-5-4-8-22-12/h4-8,21H,9H2,1-3H3,(H,18,20). The molecule has 0 saturated heterocycles.